The lowest BCUT2D eigenvalue weighted by atomic mass is 9.73. The number of aliphatic hydroxyl groups excluding tert-OH is 1. The highest BCUT2D eigenvalue weighted by atomic mass is 19.1. The van der Waals surface area contributed by atoms with Gasteiger partial charge in [-0.05, 0) is 48.4 Å². The number of amides is 3. The van der Waals surface area contributed by atoms with Crippen molar-refractivity contribution in [1.29, 1.82) is 0 Å². The molecule has 166 valence electrons. The summed E-state index contributed by atoms with van der Waals surface area (Å²) in [4.78, 5) is 28.6. The lowest BCUT2D eigenvalue weighted by Crippen LogP contribution is -2.73. The fraction of sp³-hybridized carbons (Fsp3) is 0.360. The molecule has 2 aliphatic rings. The van der Waals surface area contributed by atoms with Gasteiger partial charge >= 0.3 is 6.03 Å². The van der Waals surface area contributed by atoms with Crippen molar-refractivity contribution in [3.63, 3.8) is 0 Å². The van der Waals surface area contributed by atoms with Crippen LogP contribution in [0, 0.1) is 17.7 Å². The van der Waals surface area contributed by atoms with E-state index in [4.69, 9.17) is 0 Å². The Morgan fingerprint density at radius 1 is 1.19 bits per heavy atom. The molecule has 3 amide bonds. The number of benzene rings is 2. The van der Waals surface area contributed by atoms with Gasteiger partial charge in [-0.15, -0.1) is 0 Å². The maximum Gasteiger partial charge on any atom is 0.322 e. The fourth-order valence-corrected chi connectivity index (χ4v) is 4.47. The highest BCUT2D eigenvalue weighted by Gasteiger charge is 2.54. The molecule has 0 radical (unpaired) electrons. The number of carbonyl (C=O) groups is 2. The number of halogens is 1. The summed E-state index contributed by atoms with van der Waals surface area (Å²) in [6.45, 7) is 2.26. The number of hydrogen-bond acceptors (Lipinski definition) is 3. The van der Waals surface area contributed by atoms with E-state index in [1.165, 1.54) is 29.2 Å². The molecule has 2 heterocycles. The molecule has 0 unspecified atom stereocenters. The first-order valence-corrected chi connectivity index (χ1v) is 10.8. The zero-order valence-corrected chi connectivity index (χ0v) is 17.9. The normalized spacial score (nSPS) is 21.8. The molecule has 3 atom stereocenters. The molecular weight excluding hydrogens is 409 g/mol. The molecule has 2 saturated heterocycles. The second-order valence-corrected chi connectivity index (χ2v) is 8.14. The number of rotatable bonds is 4. The van der Waals surface area contributed by atoms with Crippen molar-refractivity contribution in [2.45, 2.75) is 37.8 Å². The van der Waals surface area contributed by atoms with Crippen molar-refractivity contribution < 1.29 is 19.1 Å². The number of unbranched alkanes of at least 4 members (excludes halogenated alkanes) is 1. The number of urea groups is 1. The molecule has 2 aromatic rings. The number of anilines is 1. The zero-order chi connectivity index (χ0) is 22.7. The van der Waals surface area contributed by atoms with Crippen LogP contribution in [0.2, 0.25) is 0 Å². The topological polar surface area (TPSA) is 72.9 Å². The van der Waals surface area contributed by atoms with E-state index in [1.807, 2.05) is 24.3 Å². The first-order valence-electron chi connectivity index (χ1n) is 10.8. The number of hydrogen-bond donors (Lipinski definition) is 2. The van der Waals surface area contributed by atoms with Gasteiger partial charge in [-0.2, -0.15) is 0 Å². The molecule has 2 fully saturated rings. The van der Waals surface area contributed by atoms with Crippen LogP contribution < -0.4 is 5.32 Å². The summed E-state index contributed by atoms with van der Waals surface area (Å²) < 4.78 is 13.1. The molecular formula is C25H26FN3O3. The van der Waals surface area contributed by atoms with E-state index in [-0.39, 0.29) is 42.9 Å². The SMILES string of the molecule is CCCC#Cc1ccc([C@H]2[C@H]3CN(C(=O)Nc4ccc(F)cc4)CC(=O)N3[C@H]2CO)cc1. The Hall–Kier alpha value is -3.37. The van der Waals surface area contributed by atoms with Crippen molar-refractivity contribution >= 4 is 17.6 Å². The molecule has 2 N–H and O–H groups in total. The molecule has 32 heavy (non-hydrogen) atoms. The molecule has 0 saturated carbocycles. The van der Waals surface area contributed by atoms with Gasteiger partial charge in [0, 0.05) is 30.1 Å². The standard InChI is InChI=1S/C25H26FN3O3/c1-2-3-4-5-17-6-8-18(9-7-17)24-21-14-28(15-23(31)29(21)22(24)16-30)25(32)27-20-12-10-19(26)11-13-20/h6-13,21-22,24,30H,2-3,14-16H2,1H3,(H,27,32)/t21-,22+,24+/m1/s1. The van der Waals surface area contributed by atoms with Crippen LogP contribution in [-0.4, -0.2) is 58.6 Å². The lowest BCUT2D eigenvalue weighted by molar-refractivity contribution is -0.159. The largest absolute Gasteiger partial charge is 0.394 e. The number of carbonyl (C=O) groups excluding carboxylic acids is 2. The summed E-state index contributed by atoms with van der Waals surface area (Å²) in [6, 6.07) is 12.5. The third-order valence-electron chi connectivity index (χ3n) is 6.04. The third-order valence-corrected chi connectivity index (χ3v) is 6.04. The van der Waals surface area contributed by atoms with E-state index in [0.717, 1.165) is 24.0 Å². The predicted octanol–water partition coefficient (Wildman–Crippen LogP) is 3.18. The Morgan fingerprint density at radius 3 is 2.56 bits per heavy atom. The third kappa shape index (κ3) is 4.32. The summed E-state index contributed by atoms with van der Waals surface area (Å²) in [6.07, 6.45) is 1.87. The van der Waals surface area contributed by atoms with Gasteiger partial charge in [0.15, 0.2) is 0 Å². The minimum absolute atomic E-state index is 0.0568. The summed E-state index contributed by atoms with van der Waals surface area (Å²) in [7, 11) is 0. The summed E-state index contributed by atoms with van der Waals surface area (Å²) in [5.41, 5.74) is 2.41. The molecule has 0 spiro atoms. The van der Waals surface area contributed by atoms with E-state index in [0.29, 0.717) is 12.2 Å². The fourth-order valence-electron chi connectivity index (χ4n) is 4.47. The van der Waals surface area contributed by atoms with Crippen LogP contribution in [0.1, 0.15) is 36.8 Å². The minimum atomic E-state index is -0.405. The minimum Gasteiger partial charge on any atom is -0.394 e. The van der Waals surface area contributed by atoms with Crippen molar-refractivity contribution in [2.75, 3.05) is 25.0 Å². The number of fused-ring (bicyclic) bond motifs is 1. The second-order valence-electron chi connectivity index (χ2n) is 8.14. The van der Waals surface area contributed by atoms with E-state index in [1.54, 1.807) is 4.90 Å². The number of nitrogens with one attached hydrogen (secondary N) is 1. The maximum atomic E-state index is 13.1. The van der Waals surface area contributed by atoms with E-state index >= 15 is 0 Å². The van der Waals surface area contributed by atoms with Crippen LogP contribution in [0.15, 0.2) is 48.5 Å². The Bertz CT molecular complexity index is 1040. The van der Waals surface area contributed by atoms with Crippen LogP contribution in [0.4, 0.5) is 14.9 Å². The second kappa shape index (κ2) is 9.41. The van der Waals surface area contributed by atoms with Gasteiger partial charge in [-0.1, -0.05) is 30.9 Å². The van der Waals surface area contributed by atoms with Crippen molar-refractivity contribution in [3.8, 4) is 11.8 Å². The molecule has 6 nitrogen and oxygen atoms in total. The van der Waals surface area contributed by atoms with Crippen LogP contribution in [0.5, 0.6) is 0 Å². The Balaban J connectivity index is 1.48. The van der Waals surface area contributed by atoms with Gasteiger partial charge < -0.3 is 20.2 Å². The van der Waals surface area contributed by atoms with Crippen LogP contribution >= 0.6 is 0 Å². The van der Waals surface area contributed by atoms with Gasteiger partial charge in [0.1, 0.15) is 12.4 Å². The van der Waals surface area contributed by atoms with Crippen molar-refractivity contribution in [1.82, 2.24) is 9.80 Å². The average molecular weight is 435 g/mol. The smallest absolute Gasteiger partial charge is 0.322 e. The zero-order valence-electron chi connectivity index (χ0n) is 17.9. The molecule has 4 rings (SSSR count). The highest BCUT2D eigenvalue weighted by molar-refractivity contribution is 5.93. The molecule has 2 aliphatic heterocycles. The summed E-state index contributed by atoms with van der Waals surface area (Å²) in [5, 5.41) is 12.6. The molecule has 2 aromatic carbocycles. The van der Waals surface area contributed by atoms with E-state index in [2.05, 4.69) is 24.1 Å². The van der Waals surface area contributed by atoms with Gasteiger partial charge in [0.25, 0.3) is 0 Å². The lowest BCUT2D eigenvalue weighted by Gasteiger charge is -2.58. The van der Waals surface area contributed by atoms with Gasteiger partial charge in [0.2, 0.25) is 5.91 Å². The number of nitrogens with zero attached hydrogens (tertiary/aromatic N) is 2. The molecule has 0 aliphatic carbocycles. The maximum absolute atomic E-state index is 13.1. The molecule has 0 bridgehead atoms. The van der Waals surface area contributed by atoms with Crippen LogP contribution in [0.25, 0.3) is 0 Å². The molecule has 7 heteroatoms. The number of piperazine rings is 1. The van der Waals surface area contributed by atoms with Crippen molar-refractivity contribution in [2.24, 2.45) is 0 Å². The van der Waals surface area contributed by atoms with Gasteiger partial charge in [0.05, 0.1) is 18.7 Å². The first kappa shape index (κ1) is 21.8. The monoisotopic (exact) mass is 435 g/mol. The van der Waals surface area contributed by atoms with Crippen molar-refractivity contribution in [3.05, 3.63) is 65.5 Å². The Labute approximate surface area is 187 Å². The Morgan fingerprint density at radius 2 is 1.91 bits per heavy atom. The van der Waals surface area contributed by atoms with Crippen LogP contribution in [0.3, 0.4) is 0 Å². The average Bonchev–Trinajstić information content (AvgIpc) is 2.78. The predicted molar refractivity (Wildman–Crippen MR) is 119 cm³/mol. The van der Waals surface area contributed by atoms with E-state index < -0.39 is 6.03 Å². The van der Waals surface area contributed by atoms with Gasteiger partial charge in [-0.3, -0.25) is 4.79 Å². The first-order chi connectivity index (χ1) is 15.5. The van der Waals surface area contributed by atoms with E-state index in [9.17, 15) is 19.1 Å². The van der Waals surface area contributed by atoms with Crippen LogP contribution in [-0.2, 0) is 4.79 Å². The van der Waals surface area contributed by atoms with Gasteiger partial charge in [-0.25, -0.2) is 9.18 Å². The number of aliphatic hydroxyl groups is 1. The quantitative estimate of drug-likeness (QED) is 0.725. The Kier molecular flexibility index (Phi) is 6.42. The molecule has 0 aromatic heterocycles. The summed E-state index contributed by atoms with van der Waals surface area (Å²) in [5.74, 6) is 5.62. The summed E-state index contributed by atoms with van der Waals surface area (Å²) >= 11 is 0. The highest BCUT2D eigenvalue weighted by Crippen LogP contribution is 2.43.